The van der Waals surface area contributed by atoms with Crippen LogP contribution in [-0.2, 0) is 0 Å². The maximum Gasteiger partial charge on any atom is 0.151 e. The fraction of sp³-hybridized carbons (Fsp3) is 0.600. The highest BCUT2D eigenvalue weighted by molar-refractivity contribution is 5.06. The van der Waals surface area contributed by atoms with Crippen molar-refractivity contribution in [3.8, 4) is 0 Å². The molecule has 0 spiro atoms. The highest BCUT2D eigenvalue weighted by atomic mass is 16.3. The van der Waals surface area contributed by atoms with E-state index in [0.717, 1.165) is 31.3 Å². The summed E-state index contributed by atoms with van der Waals surface area (Å²) in [6, 6.07) is 0. The van der Waals surface area contributed by atoms with E-state index in [-0.39, 0.29) is 0 Å². The monoisotopic (exact) mass is 263 g/mol. The largest absolute Gasteiger partial charge is 0.383 e. The molecule has 106 valence electrons. The van der Waals surface area contributed by atoms with Crippen molar-refractivity contribution in [3.63, 3.8) is 0 Å². The van der Waals surface area contributed by atoms with Crippen LogP contribution < -0.4 is 0 Å². The van der Waals surface area contributed by atoms with Gasteiger partial charge in [-0.05, 0) is 58.9 Å². The second-order valence-corrected chi connectivity index (χ2v) is 5.04. The molecule has 1 N–H and O–H groups in total. The zero-order valence-electron chi connectivity index (χ0n) is 12.4. The zero-order valence-corrected chi connectivity index (χ0v) is 12.4. The minimum atomic E-state index is -1.05. The molecular formula is C15H25N3O. The second-order valence-electron chi connectivity index (χ2n) is 5.04. The molecule has 0 rings (SSSR count). The second kappa shape index (κ2) is 10.4. The SMILES string of the molecule is CC(C)=CCCC(C)=CCCC(C)=CC(O)N=[N+]=[N-]. The van der Waals surface area contributed by atoms with Crippen molar-refractivity contribution in [3.05, 3.63) is 45.4 Å². The fourth-order valence-corrected chi connectivity index (χ4v) is 1.66. The van der Waals surface area contributed by atoms with E-state index in [1.165, 1.54) is 11.1 Å². The molecule has 19 heavy (non-hydrogen) atoms. The maximum atomic E-state index is 9.28. The summed E-state index contributed by atoms with van der Waals surface area (Å²) in [7, 11) is 0. The predicted octanol–water partition coefficient (Wildman–Crippen LogP) is 5.03. The van der Waals surface area contributed by atoms with Crippen molar-refractivity contribution in [2.45, 2.75) is 59.6 Å². The molecule has 0 aromatic carbocycles. The summed E-state index contributed by atoms with van der Waals surface area (Å²) in [5.41, 5.74) is 12.0. The Morgan fingerprint density at radius 1 is 1.11 bits per heavy atom. The van der Waals surface area contributed by atoms with Crippen LogP contribution in [0.1, 0.15) is 53.4 Å². The van der Waals surface area contributed by atoms with E-state index in [9.17, 15) is 5.11 Å². The topological polar surface area (TPSA) is 69.0 Å². The van der Waals surface area contributed by atoms with E-state index in [1.807, 2.05) is 6.92 Å². The van der Waals surface area contributed by atoms with Crippen LogP contribution in [0.3, 0.4) is 0 Å². The van der Waals surface area contributed by atoms with Crippen LogP contribution >= 0.6 is 0 Å². The average molecular weight is 263 g/mol. The van der Waals surface area contributed by atoms with Crippen LogP contribution in [0.15, 0.2) is 40.1 Å². The highest BCUT2D eigenvalue weighted by Gasteiger charge is 1.96. The third-order valence-electron chi connectivity index (χ3n) is 2.73. The van der Waals surface area contributed by atoms with E-state index in [4.69, 9.17) is 5.53 Å². The van der Waals surface area contributed by atoms with E-state index in [0.29, 0.717) is 0 Å². The van der Waals surface area contributed by atoms with Crippen LogP contribution in [0.25, 0.3) is 10.4 Å². The summed E-state index contributed by atoms with van der Waals surface area (Å²) in [5.74, 6) is 0. The van der Waals surface area contributed by atoms with Gasteiger partial charge in [-0.2, -0.15) is 0 Å². The number of rotatable bonds is 8. The number of aliphatic hydroxyl groups excluding tert-OH is 1. The first kappa shape index (κ1) is 17.5. The maximum absolute atomic E-state index is 9.28. The lowest BCUT2D eigenvalue weighted by molar-refractivity contribution is 0.230. The molecule has 0 aliphatic carbocycles. The van der Waals surface area contributed by atoms with Gasteiger partial charge in [-0.1, -0.05) is 40.1 Å². The van der Waals surface area contributed by atoms with Gasteiger partial charge in [0.15, 0.2) is 6.23 Å². The van der Waals surface area contributed by atoms with Gasteiger partial charge < -0.3 is 5.11 Å². The van der Waals surface area contributed by atoms with Crippen LogP contribution in [0.5, 0.6) is 0 Å². The van der Waals surface area contributed by atoms with E-state index < -0.39 is 6.23 Å². The molecule has 0 aliphatic rings. The Balaban J connectivity index is 4.06. The molecule has 0 bridgehead atoms. The number of hydrogen-bond donors (Lipinski definition) is 1. The van der Waals surface area contributed by atoms with Crippen molar-refractivity contribution >= 4 is 0 Å². The van der Waals surface area contributed by atoms with Crippen molar-refractivity contribution < 1.29 is 5.11 Å². The molecule has 0 heterocycles. The predicted molar refractivity (Wildman–Crippen MR) is 80.6 cm³/mol. The third-order valence-corrected chi connectivity index (χ3v) is 2.73. The Morgan fingerprint density at radius 2 is 1.68 bits per heavy atom. The molecule has 0 aliphatic heterocycles. The van der Waals surface area contributed by atoms with Gasteiger partial charge in [0.2, 0.25) is 0 Å². The third kappa shape index (κ3) is 11.3. The molecule has 1 atom stereocenters. The Morgan fingerprint density at radius 3 is 2.26 bits per heavy atom. The van der Waals surface area contributed by atoms with Crippen LogP contribution in [0, 0.1) is 0 Å². The van der Waals surface area contributed by atoms with Gasteiger partial charge in [0.1, 0.15) is 0 Å². The Labute approximate surface area is 116 Å². The minimum absolute atomic E-state index is 0.873. The van der Waals surface area contributed by atoms with Gasteiger partial charge in [-0.3, -0.25) is 0 Å². The Kier molecular flexibility index (Phi) is 9.59. The summed E-state index contributed by atoms with van der Waals surface area (Å²) in [6.45, 7) is 8.31. The van der Waals surface area contributed by atoms with Crippen LogP contribution in [0.4, 0.5) is 0 Å². The van der Waals surface area contributed by atoms with Gasteiger partial charge in [0.25, 0.3) is 0 Å². The van der Waals surface area contributed by atoms with E-state index in [2.05, 4.69) is 42.9 Å². The average Bonchev–Trinajstić information content (AvgIpc) is 2.28. The molecule has 4 heteroatoms. The highest BCUT2D eigenvalue weighted by Crippen LogP contribution is 2.12. The Bertz CT molecular complexity index is 398. The molecular weight excluding hydrogens is 238 g/mol. The van der Waals surface area contributed by atoms with Crippen molar-refractivity contribution in [2.75, 3.05) is 0 Å². The van der Waals surface area contributed by atoms with E-state index in [1.54, 1.807) is 6.08 Å². The zero-order chi connectivity index (χ0) is 14.7. The quantitative estimate of drug-likeness (QED) is 0.283. The summed E-state index contributed by atoms with van der Waals surface area (Å²) in [5, 5.41) is 12.5. The van der Waals surface area contributed by atoms with Gasteiger partial charge in [-0.15, -0.1) is 0 Å². The first-order valence-corrected chi connectivity index (χ1v) is 6.64. The molecule has 4 nitrogen and oxygen atoms in total. The molecule has 0 saturated carbocycles. The number of nitrogens with zero attached hydrogens (tertiary/aromatic N) is 3. The van der Waals surface area contributed by atoms with Crippen molar-refractivity contribution in [2.24, 2.45) is 5.11 Å². The van der Waals surface area contributed by atoms with Crippen molar-refractivity contribution in [1.29, 1.82) is 0 Å². The van der Waals surface area contributed by atoms with E-state index >= 15 is 0 Å². The summed E-state index contributed by atoms with van der Waals surface area (Å²) < 4.78 is 0. The van der Waals surface area contributed by atoms with Gasteiger partial charge in [0, 0.05) is 4.91 Å². The molecule has 0 amide bonds. The molecule has 0 saturated heterocycles. The first-order chi connectivity index (χ1) is 8.95. The number of azide groups is 1. The van der Waals surface area contributed by atoms with Crippen LogP contribution in [-0.4, -0.2) is 11.3 Å². The van der Waals surface area contributed by atoms with Crippen molar-refractivity contribution in [1.82, 2.24) is 0 Å². The number of hydrogen-bond acceptors (Lipinski definition) is 2. The lowest BCUT2D eigenvalue weighted by Gasteiger charge is -2.02. The van der Waals surface area contributed by atoms with Gasteiger partial charge in [0.05, 0.1) is 0 Å². The number of aliphatic hydroxyl groups is 1. The normalized spacial score (nSPS) is 13.7. The van der Waals surface area contributed by atoms with Crippen LogP contribution in [0.2, 0.25) is 0 Å². The molecule has 0 aromatic rings. The summed E-state index contributed by atoms with van der Waals surface area (Å²) in [6.07, 6.45) is 9.03. The minimum Gasteiger partial charge on any atom is -0.383 e. The lowest BCUT2D eigenvalue weighted by Crippen LogP contribution is -1.96. The fourth-order valence-electron chi connectivity index (χ4n) is 1.66. The standard InChI is InChI=1S/C15H25N3O/c1-12(2)7-5-8-13(3)9-6-10-14(4)11-15(19)17-18-16/h7,9,11,15,19H,5-6,8,10H2,1-4H3. The molecule has 0 radical (unpaired) electrons. The molecule has 0 aromatic heterocycles. The lowest BCUT2D eigenvalue weighted by atomic mass is 10.1. The number of allylic oxidation sites excluding steroid dienone is 5. The molecule has 0 fully saturated rings. The van der Waals surface area contributed by atoms with Gasteiger partial charge in [-0.25, -0.2) is 0 Å². The summed E-state index contributed by atoms with van der Waals surface area (Å²) >= 11 is 0. The smallest absolute Gasteiger partial charge is 0.151 e. The molecule has 1 unspecified atom stereocenters. The summed E-state index contributed by atoms with van der Waals surface area (Å²) in [4.78, 5) is 2.56. The first-order valence-electron chi connectivity index (χ1n) is 6.64. The van der Waals surface area contributed by atoms with Gasteiger partial charge >= 0.3 is 0 Å². The Hall–Kier alpha value is -1.51.